The fourth-order valence-corrected chi connectivity index (χ4v) is 2.90. The lowest BCUT2D eigenvalue weighted by molar-refractivity contribution is -0.0507. The first kappa shape index (κ1) is 16.7. The molecular weight excluding hydrogens is 290 g/mol. The number of alkyl halides is 2. The second-order valence-corrected chi connectivity index (χ2v) is 6.31. The topological polar surface area (TPSA) is 55.6 Å². The third-order valence-corrected chi connectivity index (χ3v) is 4.25. The van der Waals surface area contributed by atoms with Gasteiger partial charge in [-0.25, -0.2) is 0 Å². The van der Waals surface area contributed by atoms with Crippen LogP contribution in [0.2, 0.25) is 0 Å². The number of halogens is 2. The smallest absolute Gasteiger partial charge is 0.387 e. The van der Waals surface area contributed by atoms with Crippen molar-refractivity contribution in [2.24, 2.45) is 11.1 Å². The second-order valence-electron chi connectivity index (χ2n) is 6.31. The van der Waals surface area contributed by atoms with E-state index in [1.54, 1.807) is 30.9 Å². The van der Waals surface area contributed by atoms with Crippen molar-refractivity contribution >= 4 is 5.91 Å². The molecule has 1 aliphatic rings. The number of likely N-dealkylation sites (tertiary alicyclic amines) is 1. The van der Waals surface area contributed by atoms with E-state index < -0.39 is 6.61 Å². The van der Waals surface area contributed by atoms with Gasteiger partial charge in [-0.1, -0.05) is 6.92 Å². The Hall–Kier alpha value is -1.69. The molecule has 1 amide bonds. The third kappa shape index (κ3) is 3.38. The van der Waals surface area contributed by atoms with E-state index in [4.69, 9.17) is 5.73 Å². The number of hydrogen-bond donors (Lipinski definition) is 1. The van der Waals surface area contributed by atoms with Crippen LogP contribution < -0.4 is 10.5 Å². The van der Waals surface area contributed by atoms with Crippen LogP contribution in [-0.2, 0) is 0 Å². The van der Waals surface area contributed by atoms with Crippen LogP contribution in [0.1, 0.15) is 34.8 Å². The molecule has 1 fully saturated rings. The summed E-state index contributed by atoms with van der Waals surface area (Å²) < 4.78 is 29.3. The minimum Gasteiger partial charge on any atom is -0.434 e. The summed E-state index contributed by atoms with van der Waals surface area (Å²) in [7, 11) is 0. The maximum Gasteiger partial charge on any atom is 0.387 e. The molecule has 1 aromatic rings. The Balaban J connectivity index is 2.21. The van der Waals surface area contributed by atoms with E-state index in [1.165, 1.54) is 0 Å². The van der Waals surface area contributed by atoms with E-state index in [1.807, 2.05) is 0 Å². The highest BCUT2D eigenvalue weighted by Gasteiger charge is 2.35. The molecule has 1 aromatic carbocycles. The zero-order valence-electron chi connectivity index (χ0n) is 13.2. The molecule has 0 saturated carbocycles. The summed E-state index contributed by atoms with van der Waals surface area (Å²) in [5.74, 6) is 0.0479. The summed E-state index contributed by atoms with van der Waals surface area (Å²) in [4.78, 5) is 14.4. The quantitative estimate of drug-likeness (QED) is 0.930. The van der Waals surface area contributed by atoms with Crippen molar-refractivity contribution in [2.75, 3.05) is 19.6 Å². The zero-order valence-corrected chi connectivity index (χ0v) is 13.2. The van der Waals surface area contributed by atoms with Crippen molar-refractivity contribution in [3.8, 4) is 5.75 Å². The highest BCUT2D eigenvalue weighted by Crippen LogP contribution is 2.31. The van der Waals surface area contributed by atoms with Gasteiger partial charge in [0.05, 0.1) is 0 Å². The maximum atomic E-state index is 12.6. The van der Waals surface area contributed by atoms with Crippen LogP contribution in [0.3, 0.4) is 0 Å². The van der Waals surface area contributed by atoms with E-state index in [-0.39, 0.29) is 17.1 Å². The Morgan fingerprint density at radius 3 is 2.45 bits per heavy atom. The van der Waals surface area contributed by atoms with Crippen LogP contribution in [0.4, 0.5) is 8.78 Å². The SMILES string of the molecule is Cc1cc(C(=O)N2CCC(C)(CN)C2)cc(C)c1OC(F)F. The number of amides is 1. The monoisotopic (exact) mass is 312 g/mol. The molecule has 4 nitrogen and oxygen atoms in total. The third-order valence-electron chi connectivity index (χ3n) is 4.25. The molecule has 0 spiro atoms. The summed E-state index contributed by atoms with van der Waals surface area (Å²) in [6, 6.07) is 3.20. The summed E-state index contributed by atoms with van der Waals surface area (Å²) >= 11 is 0. The molecule has 0 radical (unpaired) electrons. The first-order valence-corrected chi connectivity index (χ1v) is 7.31. The number of ether oxygens (including phenoxy) is 1. The van der Waals surface area contributed by atoms with Gasteiger partial charge in [-0.2, -0.15) is 8.78 Å². The van der Waals surface area contributed by atoms with Gasteiger partial charge in [0.2, 0.25) is 0 Å². The fourth-order valence-electron chi connectivity index (χ4n) is 2.90. The number of benzene rings is 1. The summed E-state index contributed by atoms with van der Waals surface area (Å²) in [6.45, 7) is 4.34. The van der Waals surface area contributed by atoms with Crippen molar-refractivity contribution in [1.82, 2.24) is 4.90 Å². The summed E-state index contributed by atoms with van der Waals surface area (Å²) in [5, 5.41) is 0. The molecule has 6 heteroatoms. The lowest BCUT2D eigenvalue weighted by Gasteiger charge is -2.23. The molecule has 122 valence electrons. The van der Waals surface area contributed by atoms with Crippen LogP contribution in [0.15, 0.2) is 12.1 Å². The largest absolute Gasteiger partial charge is 0.434 e. The lowest BCUT2D eigenvalue weighted by atomic mass is 9.90. The van der Waals surface area contributed by atoms with Gasteiger partial charge in [-0.15, -0.1) is 0 Å². The average Bonchev–Trinajstić information content (AvgIpc) is 2.85. The first-order valence-electron chi connectivity index (χ1n) is 7.31. The Kier molecular flexibility index (Phi) is 4.70. The predicted octanol–water partition coefficient (Wildman–Crippen LogP) is 2.72. The molecular formula is C16H22F2N2O2. The number of aryl methyl sites for hydroxylation is 2. The Morgan fingerprint density at radius 1 is 1.41 bits per heavy atom. The lowest BCUT2D eigenvalue weighted by Crippen LogP contribution is -2.34. The van der Waals surface area contributed by atoms with Gasteiger partial charge in [-0.3, -0.25) is 4.79 Å². The van der Waals surface area contributed by atoms with Crippen LogP contribution in [0, 0.1) is 19.3 Å². The molecule has 0 bridgehead atoms. The van der Waals surface area contributed by atoms with Crippen molar-refractivity contribution in [1.29, 1.82) is 0 Å². The first-order chi connectivity index (χ1) is 10.3. The molecule has 22 heavy (non-hydrogen) atoms. The second kappa shape index (κ2) is 6.20. The number of nitrogens with two attached hydrogens (primary N) is 1. The summed E-state index contributed by atoms with van der Waals surface area (Å²) in [5.41, 5.74) is 7.28. The molecule has 0 aromatic heterocycles. The number of hydrogen-bond acceptors (Lipinski definition) is 3. The van der Waals surface area contributed by atoms with E-state index >= 15 is 0 Å². The van der Waals surface area contributed by atoms with Crippen LogP contribution in [-0.4, -0.2) is 37.1 Å². The molecule has 1 unspecified atom stereocenters. The predicted molar refractivity (Wildman–Crippen MR) is 80.2 cm³/mol. The Morgan fingerprint density at radius 2 is 2.00 bits per heavy atom. The molecule has 1 aliphatic heterocycles. The standard InChI is InChI=1S/C16H22F2N2O2/c1-10-6-12(7-11(2)13(10)22-15(17)18)14(21)20-5-4-16(3,8-19)9-20/h6-7,15H,4-5,8-9,19H2,1-3H3. The minimum absolute atomic E-state index is 0.0432. The number of carbonyl (C=O) groups excluding carboxylic acids is 1. The highest BCUT2D eigenvalue weighted by atomic mass is 19.3. The maximum absolute atomic E-state index is 12.6. The summed E-state index contributed by atoms with van der Waals surface area (Å²) in [6.07, 6.45) is 0.875. The van der Waals surface area contributed by atoms with Gasteiger partial charge in [0.15, 0.2) is 0 Å². The van der Waals surface area contributed by atoms with E-state index in [0.29, 0.717) is 36.3 Å². The molecule has 1 heterocycles. The fraction of sp³-hybridized carbons (Fsp3) is 0.562. The van der Waals surface area contributed by atoms with Gasteiger partial charge < -0.3 is 15.4 Å². The number of carbonyl (C=O) groups is 1. The van der Waals surface area contributed by atoms with E-state index in [0.717, 1.165) is 6.42 Å². The Bertz CT molecular complexity index is 554. The Labute approximate surface area is 129 Å². The van der Waals surface area contributed by atoms with Crippen molar-refractivity contribution in [3.63, 3.8) is 0 Å². The molecule has 2 N–H and O–H groups in total. The average molecular weight is 312 g/mol. The molecule has 0 aliphatic carbocycles. The van der Waals surface area contributed by atoms with Crippen molar-refractivity contribution in [2.45, 2.75) is 33.8 Å². The molecule has 1 atom stereocenters. The van der Waals surface area contributed by atoms with E-state index in [2.05, 4.69) is 11.7 Å². The number of nitrogens with zero attached hydrogens (tertiary/aromatic N) is 1. The van der Waals surface area contributed by atoms with Crippen molar-refractivity contribution < 1.29 is 18.3 Å². The minimum atomic E-state index is -2.87. The van der Waals surface area contributed by atoms with Gasteiger partial charge in [0, 0.05) is 18.7 Å². The normalized spacial score (nSPS) is 21.5. The van der Waals surface area contributed by atoms with Gasteiger partial charge >= 0.3 is 6.61 Å². The molecule has 1 saturated heterocycles. The van der Waals surface area contributed by atoms with E-state index in [9.17, 15) is 13.6 Å². The highest BCUT2D eigenvalue weighted by molar-refractivity contribution is 5.95. The van der Waals surface area contributed by atoms with Crippen LogP contribution in [0.5, 0.6) is 5.75 Å². The van der Waals surface area contributed by atoms with Gasteiger partial charge in [0.25, 0.3) is 5.91 Å². The van der Waals surface area contributed by atoms with Gasteiger partial charge in [-0.05, 0) is 55.5 Å². The zero-order chi connectivity index (χ0) is 16.5. The number of rotatable bonds is 4. The van der Waals surface area contributed by atoms with Crippen LogP contribution >= 0.6 is 0 Å². The van der Waals surface area contributed by atoms with Crippen molar-refractivity contribution in [3.05, 3.63) is 28.8 Å². The van der Waals surface area contributed by atoms with Crippen LogP contribution in [0.25, 0.3) is 0 Å². The van der Waals surface area contributed by atoms with Gasteiger partial charge in [0.1, 0.15) is 5.75 Å². The molecule has 2 rings (SSSR count).